The first-order chi connectivity index (χ1) is 17.1. The largest absolute Gasteiger partial charge is 0.489 e. The van der Waals surface area contributed by atoms with E-state index in [9.17, 15) is 4.79 Å². The molecule has 0 spiro atoms. The molecule has 176 valence electrons. The minimum Gasteiger partial charge on any atom is -0.489 e. The summed E-state index contributed by atoms with van der Waals surface area (Å²) in [7, 11) is 0. The maximum Gasteiger partial charge on any atom is 0.277 e. The zero-order chi connectivity index (χ0) is 24.5. The first-order valence-corrected chi connectivity index (χ1v) is 11.9. The fourth-order valence-corrected chi connectivity index (χ4v) is 3.78. The Morgan fingerprint density at radius 3 is 2.34 bits per heavy atom. The predicted molar refractivity (Wildman–Crippen MR) is 143 cm³/mol. The van der Waals surface area contributed by atoms with Crippen molar-refractivity contribution in [3.63, 3.8) is 0 Å². The van der Waals surface area contributed by atoms with Crippen LogP contribution < -0.4 is 14.9 Å². The number of benzene rings is 4. The molecule has 0 aliphatic rings. The first-order valence-electron chi connectivity index (χ1n) is 11.1. The molecule has 0 radical (unpaired) electrons. The van der Waals surface area contributed by atoms with Crippen LogP contribution in [0, 0.1) is 6.92 Å². The maximum atomic E-state index is 12.1. The van der Waals surface area contributed by atoms with Crippen molar-refractivity contribution in [2.24, 2.45) is 5.10 Å². The van der Waals surface area contributed by atoms with E-state index >= 15 is 0 Å². The smallest absolute Gasteiger partial charge is 0.277 e. The van der Waals surface area contributed by atoms with Gasteiger partial charge in [-0.3, -0.25) is 4.79 Å². The van der Waals surface area contributed by atoms with Crippen molar-refractivity contribution in [3.8, 4) is 22.6 Å². The average Bonchev–Trinajstić information content (AvgIpc) is 2.89. The van der Waals surface area contributed by atoms with Crippen molar-refractivity contribution in [3.05, 3.63) is 118 Å². The van der Waals surface area contributed by atoms with Gasteiger partial charge in [0.15, 0.2) is 6.61 Å². The second-order valence-electron chi connectivity index (χ2n) is 7.94. The molecule has 0 unspecified atom stereocenters. The molecule has 0 fully saturated rings. The van der Waals surface area contributed by atoms with Crippen LogP contribution in [0.2, 0.25) is 0 Å². The maximum absolute atomic E-state index is 12.1. The van der Waals surface area contributed by atoms with Crippen LogP contribution in [0.4, 0.5) is 0 Å². The van der Waals surface area contributed by atoms with E-state index in [1.165, 1.54) is 5.56 Å². The number of nitrogens with one attached hydrogen (secondary N) is 1. The molecule has 0 bridgehead atoms. The Morgan fingerprint density at radius 2 is 1.63 bits per heavy atom. The van der Waals surface area contributed by atoms with Gasteiger partial charge < -0.3 is 9.47 Å². The number of ether oxygens (including phenoxy) is 2. The molecule has 4 aromatic rings. The number of hydrazone groups is 1. The average molecular weight is 529 g/mol. The van der Waals surface area contributed by atoms with E-state index in [1.807, 2.05) is 72.8 Å². The lowest BCUT2D eigenvalue weighted by Crippen LogP contribution is -2.24. The minimum absolute atomic E-state index is 0.146. The summed E-state index contributed by atoms with van der Waals surface area (Å²) in [5.74, 6) is 1.01. The normalized spacial score (nSPS) is 10.8. The number of hydrogen-bond acceptors (Lipinski definition) is 4. The highest BCUT2D eigenvalue weighted by Crippen LogP contribution is 2.30. The van der Waals surface area contributed by atoms with Crippen molar-refractivity contribution in [2.75, 3.05) is 6.61 Å². The quantitative estimate of drug-likeness (QED) is 0.198. The topological polar surface area (TPSA) is 59.9 Å². The van der Waals surface area contributed by atoms with Crippen LogP contribution in [0.5, 0.6) is 11.5 Å². The van der Waals surface area contributed by atoms with Gasteiger partial charge in [-0.2, -0.15) is 5.10 Å². The summed E-state index contributed by atoms with van der Waals surface area (Å²) in [6.45, 7) is 2.42. The van der Waals surface area contributed by atoms with E-state index in [2.05, 4.69) is 57.6 Å². The molecule has 0 aliphatic heterocycles. The van der Waals surface area contributed by atoms with Crippen LogP contribution in [0.15, 0.2) is 107 Å². The summed E-state index contributed by atoms with van der Waals surface area (Å²) in [5.41, 5.74) is 7.83. The third-order valence-corrected chi connectivity index (χ3v) is 5.83. The van der Waals surface area contributed by atoms with Crippen molar-refractivity contribution in [1.29, 1.82) is 0 Å². The molecule has 1 N–H and O–H groups in total. The van der Waals surface area contributed by atoms with Gasteiger partial charge in [-0.15, -0.1) is 0 Å². The molecule has 5 nitrogen and oxygen atoms in total. The summed E-state index contributed by atoms with van der Waals surface area (Å²) in [4.78, 5) is 12.1. The van der Waals surface area contributed by atoms with Crippen LogP contribution in [-0.4, -0.2) is 18.7 Å². The lowest BCUT2D eigenvalue weighted by Gasteiger charge is -2.09. The zero-order valence-corrected chi connectivity index (χ0v) is 20.9. The van der Waals surface area contributed by atoms with Gasteiger partial charge in [0.2, 0.25) is 0 Å². The first kappa shape index (κ1) is 24.2. The van der Waals surface area contributed by atoms with Gasteiger partial charge in [0.05, 0.1) is 10.7 Å². The summed E-state index contributed by atoms with van der Waals surface area (Å²) < 4.78 is 12.2. The van der Waals surface area contributed by atoms with Gasteiger partial charge in [0.1, 0.15) is 18.1 Å². The fraction of sp³-hybridized carbons (Fsp3) is 0.103. The van der Waals surface area contributed by atoms with E-state index in [0.717, 1.165) is 32.5 Å². The number of rotatable bonds is 9. The molecule has 35 heavy (non-hydrogen) atoms. The molecular weight excluding hydrogens is 504 g/mol. The van der Waals surface area contributed by atoms with Gasteiger partial charge in [0.25, 0.3) is 5.91 Å². The SMILES string of the molecule is Cc1ccc(COc2ccc(/C=N/NC(=O)COc3ccc(-c4ccccc4)cc3Br)cc2)cc1. The Kier molecular flexibility index (Phi) is 8.30. The number of carbonyl (C=O) groups excluding carboxylic acids is 1. The molecule has 0 saturated carbocycles. The van der Waals surface area contributed by atoms with Gasteiger partial charge in [-0.25, -0.2) is 5.43 Å². The van der Waals surface area contributed by atoms with Gasteiger partial charge >= 0.3 is 0 Å². The Bertz CT molecular complexity index is 1290. The number of aryl methyl sites for hydroxylation is 1. The molecule has 0 aromatic heterocycles. The Labute approximate surface area is 213 Å². The summed E-state index contributed by atoms with van der Waals surface area (Å²) in [6.07, 6.45) is 1.58. The number of amides is 1. The summed E-state index contributed by atoms with van der Waals surface area (Å²) >= 11 is 3.51. The Balaban J connectivity index is 1.22. The Morgan fingerprint density at radius 1 is 0.886 bits per heavy atom. The molecule has 1 amide bonds. The number of carbonyl (C=O) groups is 1. The van der Waals surface area contributed by atoms with Crippen molar-refractivity contribution >= 4 is 28.1 Å². The van der Waals surface area contributed by atoms with Gasteiger partial charge in [-0.1, -0.05) is 66.2 Å². The molecule has 4 rings (SSSR count). The van der Waals surface area contributed by atoms with E-state index in [0.29, 0.717) is 12.4 Å². The second kappa shape index (κ2) is 12.0. The molecule has 0 aliphatic carbocycles. The van der Waals surface area contributed by atoms with Crippen molar-refractivity contribution in [2.45, 2.75) is 13.5 Å². The summed E-state index contributed by atoms with van der Waals surface area (Å²) in [5, 5.41) is 4.00. The highest BCUT2D eigenvalue weighted by atomic mass is 79.9. The molecule has 6 heteroatoms. The number of halogens is 1. The third-order valence-electron chi connectivity index (χ3n) is 5.21. The van der Waals surface area contributed by atoms with E-state index < -0.39 is 0 Å². The van der Waals surface area contributed by atoms with E-state index in [4.69, 9.17) is 9.47 Å². The van der Waals surface area contributed by atoms with Crippen LogP contribution in [0.3, 0.4) is 0 Å². The third kappa shape index (κ3) is 7.29. The van der Waals surface area contributed by atoms with Crippen molar-refractivity contribution < 1.29 is 14.3 Å². The molecule has 4 aromatic carbocycles. The van der Waals surface area contributed by atoms with E-state index in [1.54, 1.807) is 6.21 Å². The van der Waals surface area contributed by atoms with E-state index in [-0.39, 0.29) is 12.5 Å². The predicted octanol–water partition coefficient (Wildman–Crippen LogP) is 6.53. The minimum atomic E-state index is -0.349. The highest BCUT2D eigenvalue weighted by Gasteiger charge is 2.07. The zero-order valence-electron chi connectivity index (χ0n) is 19.3. The number of nitrogens with zero attached hydrogens (tertiary/aromatic N) is 1. The van der Waals surface area contributed by atoms with Crippen molar-refractivity contribution in [1.82, 2.24) is 5.43 Å². The van der Waals surface area contributed by atoms with Gasteiger partial charge in [-0.05, 0) is 81.5 Å². The molecule has 0 atom stereocenters. The standard InChI is InChI=1S/C29H25BrN2O3/c1-21-7-9-23(10-8-21)19-34-26-14-11-22(12-15-26)18-31-32-29(33)20-35-28-16-13-25(17-27(28)30)24-5-3-2-4-6-24/h2-18H,19-20H2,1H3,(H,32,33)/b31-18+. The van der Waals surface area contributed by atoms with Crippen LogP contribution in [0.1, 0.15) is 16.7 Å². The molecule has 0 saturated heterocycles. The Hall–Kier alpha value is -3.90. The van der Waals surface area contributed by atoms with Crippen LogP contribution in [0.25, 0.3) is 11.1 Å². The number of hydrogen-bond donors (Lipinski definition) is 1. The van der Waals surface area contributed by atoms with Crippen LogP contribution in [-0.2, 0) is 11.4 Å². The monoisotopic (exact) mass is 528 g/mol. The van der Waals surface area contributed by atoms with Crippen LogP contribution >= 0.6 is 15.9 Å². The highest BCUT2D eigenvalue weighted by molar-refractivity contribution is 9.10. The second-order valence-corrected chi connectivity index (χ2v) is 8.79. The van der Waals surface area contributed by atoms with Gasteiger partial charge in [0, 0.05) is 0 Å². The fourth-order valence-electron chi connectivity index (χ4n) is 3.28. The molecular formula is C29H25BrN2O3. The lowest BCUT2D eigenvalue weighted by molar-refractivity contribution is -0.123. The lowest BCUT2D eigenvalue weighted by atomic mass is 10.1. The molecule has 0 heterocycles. The summed E-state index contributed by atoms with van der Waals surface area (Å²) in [6, 6.07) is 31.6.